The summed E-state index contributed by atoms with van der Waals surface area (Å²) in [7, 11) is 0. The van der Waals surface area contributed by atoms with E-state index in [0.29, 0.717) is 5.15 Å². The van der Waals surface area contributed by atoms with Gasteiger partial charge in [0.05, 0.1) is 33.1 Å². The second-order valence-electron chi connectivity index (χ2n) is 20.2. The van der Waals surface area contributed by atoms with Gasteiger partial charge in [-0.2, -0.15) is 0 Å². The zero-order valence-electron chi connectivity index (χ0n) is 42.4. The number of hydrogen-bond acceptors (Lipinski definition) is 4. The molecule has 0 bridgehead atoms. The molecule has 1 N–H and O–H groups in total. The Morgan fingerprint density at radius 3 is 1.30 bits per heavy atom. The lowest BCUT2D eigenvalue weighted by molar-refractivity contribution is 1.08. The zero-order valence-corrected chi connectivity index (χ0v) is 43.1. The predicted octanol–water partition coefficient (Wildman–Crippen LogP) is 19.3. The van der Waals surface area contributed by atoms with Crippen LogP contribution < -0.4 is 0 Å². The molecule has 18 rings (SSSR count). The van der Waals surface area contributed by atoms with Crippen molar-refractivity contribution in [3.05, 3.63) is 260 Å². The molecule has 0 aliphatic heterocycles. The quantitative estimate of drug-likeness (QED) is 0.191. The van der Waals surface area contributed by atoms with E-state index in [2.05, 4.69) is 189 Å². The lowest BCUT2D eigenvalue weighted by Gasteiger charge is -2.15. The highest BCUT2D eigenvalue weighted by atomic mass is 35.5. The summed E-state index contributed by atoms with van der Waals surface area (Å²) in [5.74, 6) is 0.850. The summed E-state index contributed by atoms with van der Waals surface area (Å²) >= 11 is 6.16. The molecule has 368 valence electrons. The van der Waals surface area contributed by atoms with Crippen LogP contribution in [0.4, 0.5) is 0 Å². The Hall–Kier alpha value is -10.3. The Bertz CT molecular complexity index is 5140. The SMILES string of the molecule is Clc1nc2ccccc2nc1-c1ccccc1.c1ccc(-c2nc3ccccc3nc2-n2c3cccc4c3c3c5c(cccc5ccc32)-c2ccccc2-4)cc1.c1ccc2c(c1)-c1cccc3ccc4[nH]c5cccc-2c5c4c13. The number of nitrogens with one attached hydrogen (secondary N) is 1. The molecule has 0 unspecified atom stereocenters. The Kier molecular flexibility index (Phi) is 10.2. The van der Waals surface area contributed by atoms with E-state index in [1.807, 2.05) is 84.9 Å². The molecule has 2 aliphatic rings. The van der Waals surface area contributed by atoms with Gasteiger partial charge in [-0.25, -0.2) is 19.9 Å². The Morgan fingerprint density at radius 2 is 0.696 bits per heavy atom. The number of fused-ring (bicyclic) bond motifs is 8. The molecule has 4 heterocycles. The van der Waals surface area contributed by atoms with E-state index in [1.165, 1.54) is 98.6 Å². The lowest BCUT2D eigenvalue weighted by Crippen LogP contribution is -2.03. The third-order valence-electron chi connectivity index (χ3n) is 15.8. The van der Waals surface area contributed by atoms with Crippen molar-refractivity contribution in [3.63, 3.8) is 0 Å². The van der Waals surface area contributed by atoms with Crippen LogP contribution in [0.5, 0.6) is 0 Å². The molecule has 0 fully saturated rings. The van der Waals surface area contributed by atoms with Gasteiger partial charge in [-0.05, 0) is 115 Å². The molecule has 12 aromatic carbocycles. The van der Waals surface area contributed by atoms with Crippen molar-refractivity contribution in [2.75, 3.05) is 0 Å². The first-order valence-corrected chi connectivity index (χ1v) is 27.0. The van der Waals surface area contributed by atoms with Gasteiger partial charge in [0.15, 0.2) is 11.0 Å². The first kappa shape index (κ1) is 45.0. The molecule has 4 aromatic heterocycles. The van der Waals surface area contributed by atoms with Gasteiger partial charge >= 0.3 is 0 Å². The number of hydrogen-bond donors (Lipinski definition) is 1. The van der Waals surface area contributed by atoms with Crippen molar-refractivity contribution >= 4 is 98.8 Å². The standard InChI is InChI=1S/C36H21N3.C22H13N.C14H9ClN2/c1-2-10-23(11-3-1)35-36(38-29-18-7-6-17-28(29)37-35)39-30-19-9-16-27-25-14-5-4-13-24(25)26-15-8-12-22-20-21-31(39)34(32(22)26)33(27)30;1-2-7-15-14(6-1)16-8-3-5-13-11-12-19-22(20(13)16)21-17(15)9-4-10-18(21)23-19;15-14-13(10-6-2-1-3-7-10)16-11-8-4-5-9-12(11)17-14/h1-21H;1-12,23H;1-9H. The van der Waals surface area contributed by atoms with Crippen molar-refractivity contribution in [1.82, 2.24) is 29.5 Å². The second-order valence-corrected chi connectivity index (χ2v) is 20.6. The number of rotatable bonds is 3. The van der Waals surface area contributed by atoms with Crippen LogP contribution in [0.2, 0.25) is 5.15 Å². The number of aromatic nitrogens is 6. The number of aromatic amines is 1. The Labute approximate surface area is 458 Å². The minimum atomic E-state index is 0.440. The molecular formula is C72H43ClN6. The molecule has 0 spiro atoms. The van der Waals surface area contributed by atoms with Crippen molar-refractivity contribution in [1.29, 1.82) is 0 Å². The predicted molar refractivity (Wildman–Crippen MR) is 329 cm³/mol. The van der Waals surface area contributed by atoms with Crippen molar-refractivity contribution < 1.29 is 0 Å². The first-order valence-electron chi connectivity index (χ1n) is 26.6. The minimum Gasteiger partial charge on any atom is -0.354 e. The second kappa shape index (κ2) is 17.9. The van der Waals surface area contributed by atoms with Crippen molar-refractivity contribution in [2.45, 2.75) is 0 Å². The van der Waals surface area contributed by atoms with E-state index in [1.54, 1.807) is 0 Å². The van der Waals surface area contributed by atoms with Gasteiger partial charge in [0, 0.05) is 43.7 Å². The molecule has 6 nitrogen and oxygen atoms in total. The first-order chi connectivity index (χ1) is 39.1. The fourth-order valence-corrected chi connectivity index (χ4v) is 12.7. The molecule has 16 aromatic rings. The minimum absolute atomic E-state index is 0.440. The third kappa shape index (κ3) is 7.05. The maximum Gasteiger partial charge on any atom is 0.165 e. The third-order valence-corrected chi connectivity index (χ3v) is 16.1. The van der Waals surface area contributed by atoms with E-state index >= 15 is 0 Å². The van der Waals surface area contributed by atoms with Crippen LogP contribution in [0.15, 0.2) is 255 Å². The Morgan fingerprint density at radius 1 is 0.278 bits per heavy atom. The van der Waals surface area contributed by atoms with Gasteiger partial charge in [-0.15, -0.1) is 0 Å². The summed E-state index contributed by atoms with van der Waals surface area (Å²) in [5.41, 5.74) is 22.2. The highest BCUT2D eigenvalue weighted by Crippen LogP contribution is 2.51. The fraction of sp³-hybridized carbons (Fsp3) is 0. The van der Waals surface area contributed by atoms with Crippen LogP contribution in [-0.2, 0) is 0 Å². The van der Waals surface area contributed by atoms with Crippen LogP contribution >= 0.6 is 11.6 Å². The van der Waals surface area contributed by atoms with Gasteiger partial charge in [0.2, 0.25) is 0 Å². The lowest BCUT2D eigenvalue weighted by atomic mass is 9.93. The highest BCUT2D eigenvalue weighted by molar-refractivity contribution is 6.33. The van der Waals surface area contributed by atoms with Crippen LogP contribution in [0.25, 0.3) is 160 Å². The van der Waals surface area contributed by atoms with Gasteiger partial charge in [-0.1, -0.05) is 218 Å². The highest BCUT2D eigenvalue weighted by Gasteiger charge is 2.27. The average Bonchev–Trinajstić information content (AvgIpc) is 4.19. The molecule has 0 atom stereocenters. The number of benzene rings is 12. The summed E-state index contributed by atoms with van der Waals surface area (Å²) in [5, 5.41) is 10.9. The van der Waals surface area contributed by atoms with E-state index < -0.39 is 0 Å². The number of halogens is 1. The number of H-pyrrole nitrogens is 1. The van der Waals surface area contributed by atoms with Crippen LogP contribution in [0.1, 0.15) is 0 Å². The largest absolute Gasteiger partial charge is 0.354 e. The van der Waals surface area contributed by atoms with E-state index in [4.69, 9.17) is 21.6 Å². The van der Waals surface area contributed by atoms with E-state index in [9.17, 15) is 0 Å². The van der Waals surface area contributed by atoms with Crippen molar-refractivity contribution in [3.8, 4) is 72.8 Å². The molecule has 0 saturated carbocycles. The molecule has 0 saturated heterocycles. The number of nitrogens with zero attached hydrogens (tertiary/aromatic N) is 5. The van der Waals surface area contributed by atoms with Crippen LogP contribution in [0.3, 0.4) is 0 Å². The zero-order chi connectivity index (χ0) is 52.1. The maximum absolute atomic E-state index is 6.16. The molecule has 0 radical (unpaired) electrons. The molecule has 2 aliphatic carbocycles. The van der Waals surface area contributed by atoms with Crippen LogP contribution in [0, 0.1) is 0 Å². The smallest absolute Gasteiger partial charge is 0.165 e. The van der Waals surface area contributed by atoms with Gasteiger partial charge < -0.3 is 4.98 Å². The summed E-state index contributed by atoms with van der Waals surface area (Å²) in [6.07, 6.45) is 0. The van der Waals surface area contributed by atoms with E-state index in [-0.39, 0.29) is 0 Å². The van der Waals surface area contributed by atoms with Gasteiger partial charge in [0.1, 0.15) is 11.4 Å². The fourth-order valence-electron chi connectivity index (χ4n) is 12.5. The summed E-state index contributed by atoms with van der Waals surface area (Å²) < 4.78 is 2.33. The average molecular weight is 1030 g/mol. The van der Waals surface area contributed by atoms with E-state index in [0.717, 1.165) is 61.4 Å². The summed E-state index contributed by atoms with van der Waals surface area (Å²) in [6.45, 7) is 0. The Balaban J connectivity index is 0.000000110. The van der Waals surface area contributed by atoms with Crippen molar-refractivity contribution in [2.24, 2.45) is 0 Å². The summed E-state index contributed by atoms with van der Waals surface area (Å²) in [6, 6.07) is 89.2. The van der Waals surface area contributed by atoms with Gasteiger partial charge in [0.25, 0.3) is 0 Å². The maximum atomic E-state index is 6.16. The molecule has 0 amide bonds. The van der Waals surface area contributed by atoms with Crippen LogP contribution in [-0.4, -0.2) is 29.5 Å². The topological polar surface area (TPSA) is 72.3 Å². The molecule has 7 heteroatoms. The van der Waals surface area contributed by atoms with Gasteiger partial charge in [-0.3, -0.25) is 4.57 Å². The number of para-hydroxylation sites is 4. The molecule has 79 heavy (non-hydrogen) atoms. The summed E-state index contributed by atoms with van der Waals surface area (Å²) in [4.78, 5) is 23.0. The monoisotopic (exact) mass is 1030 g/mol. The molecular weight excluding hydrogens is 984 g/mol. The normalized spacial score (nSPS) is 11.9.